The Balaban J connectivity index is 1.80. The first-order chi connectivity index (χ1) is 12.1. The average molecular weight is 342 g/mol. The summed E-state index contributed by atoms with van der Waals surface area (Å²) in [6, 6.07) is 6.13. The molecule has 1 heterocycles. The largest absolute Gasteiger partial charge is 0.394 e. The van der Waals surface area contributed by atoms with E-state index in [4.69, 9.17) is 14.8 Å². The van der Waals surface area contributed by atoms with E-state index in [2.05, 4.69) is 18.3 Å². The molecule has 134 valence electrons. The van der Waals surface area contributed by atoms with E-state index >= 15 is 0 Å². The van der Waals surface area contributed by atoms with Gasteiger partial charge in [-0.3, -0.25) is 9.78 Å². The number of aliphatic hydroxyl groups excluding tert-OH is 1. The van der Waals surface area contributed by atoms with Crippen LogP contribution in [0, 0.1) is 13.8 Å². The molecule has 5 heteroatoms. The third kappa shape index (κ3) is 4.35. The zero-order chi connectivity index (χ0) is 17.8. The number of carbonyl (C=O) groups excluding carboxylic acids is 1. The summed E-state index contributed by atoms with van der Waals surface area (Å²) in [5, 5.41) is 12.6. The molecule has 0 bridgehead atoms. The predicted octanol–water partition coefficient (Wildman–Crippen LogP) is 2.86. The third-order valence-electron chi connectivity index (χ3n) is 4.50. The van der Waals surface area contributed by atoms with Gasteiger partial charge in [0.25, 0.3) is 5.91 Å². The summed E-state index contributed by atoms with van der Waals surface area (Å²) in [5.41, 5.74) is 4.94. The maximum Gasteiger partial charge on any atom is 0.252 e. The first-order valence-electron chi connectivity index (χ1n) is 8.99. The zero-order valence-corrected chi connectivity index (χ0v) is 15.0. The molecule has 1 amide bonds. The van der Waals surface area contributed by atoms with E-state index in [1.54, 1.807) is 0 Å². The molecular weight excluding hydrogens is 316 g/mol. The van der Waals surface area contributed by atoms with E-state index in [0.717, 1.165) is 52.5 Å². The minimum atomic E-state index is -0.0542. The topological polar surface area (TPSA) is 71.5 Å². The molecule has 1 aliphatic rings. The second-order valence-corrected chi connectivity index (χ2v) is 6.79. The molecular formula is C20H26N2O3. The Morgan fingerprint density at radius 3 is 2.80 bits per heavy atom. The average Bonchev–Trinajstić information content (AvgIpc) is 3.42. The Labute approximate surface area is 148 Å². The molecule has 0 unspecified atom stereocenters. The Morgan fingerprint density at radius 2 is 2.08 bits per heavy atom. The summed E-state index contributed by atoms with van der Waals surface area (Å²) < 4.78 is 5.22. The van der Waals surface area contributed by atoms with Gasteiger partial charge in [-0.1, -0.05) is 11.6 Å². The number of pyridine rings is 1. The van der Waals surface area contributed by atoms with Crippen LogP contribution < -0.4 is 5.32 Å². The highest BCUT2D eigenvalue weighted by Crippen LogP contribution is 2.40. The van der Waals surface area contributed by atoms with E-state index in [-0.39, 0.29) is 12.5 Å². The van der Waals surface area contributed by atoms with Crippen molar-refractivity contribution in [3.8, 4) is 0 Å². The lowest BCUT2D eigenvalue weighted by Gasteiger charge is -2.12. The van der Waals surface area contributed by atoms with Crippen molar-refractivity contribution in [3.63, 3.8) is 0 Å². The molecule has 2 aromatic rings. The fraction of sp³-hybridized carbons (Fsp3) is 0.500. The van der Waals surface area contributed by atoms with Crippen LogP contribution in [-0.4, -0.2) is 42.4 Å². The van der Waals surface area contributed by atoms with Crippen molar-refractivity contribution in [3.05, 3.63) is 40.6 Å². The zero-order valence-electron chi connectivity index (χ0n) is 15.0. The van der Waals surface area contributed by atoms with Gasteiger partial charge in [0.15, 0.2) is 0 Å². The summed E-state index contributed by atoms with van der Waals surface area (Å²) in [6.45, 7) is 5.55. The van der Waals surface area contributed by atoms with Crippen LogP contribution in [0.5, 0.6) is 0 Å². The first kappa shape index (κ1) is 17.8. The van der Waals surface area contributed by atoms with Crippen LogP contribution in [0.4, 0.5) is 0 Å². The molecule has 3 rings (SSSR count). The fourth-order valence-electron chi connectivity index (χ4n) is 3.11. The highest BCUT2D eigenvalue weighted by atomic mass is 16.5. The number of ether oxygens (including phenoxy) is 1. The lowest BCUT2D eigenvalue weighted by atomic mass is 10.00. The van der Waals surface area contributed by atoms with Crippen LogP contribution in [0.1, 0.15) is 52.4 Å². The second-order valence-electron chi connectivity index (χ2n) is 6.79. The normalized spacial score (nSPS) is 14.0. The van der Waals surface area contributed by atoms with Gasteiger partial charge in [0, 0.05) is 30.1 Å². The maximum absolute atomic E-state index is 12.7. The highest BCUT2D eigenvalue weighted by Gasteiger charge is 2.27. The molecule has 1 fully saturated rings. The Kier molecular flexibility index (Phi) is 5.66. The highest BCUT2D eigenvalue weighted by molar-refractivity contribution is 6.07. The number of aryl methyl sites for hydroxylation is 2. The van der Waals surface area contributed by atoms with Crippen molar-refractivity contribution >= 4 is 16.8 Å². The Bertz CT molecular complexity index is 769. The van der Waals surface area contributed by atoms with Gasteiger partial charge >= 0.3 is 0 Å². The molecule has 1 aromatic carbocycles. The fourth-order valence-corrected chi connectivity index (χ4v) is 3.11. The van der Waals surface area contributed by atoms with Crippen LogP contribution in [0.15, 0.2) is 18.2 Å². The molecule has 25 heavy (non-hydrogen) atoms. The van der Waals surface area contributed by atoms with Gasteiger partial charge in [0.05, 0.1) is 24.3 Å². The number of hydrogen-bond acceptors (Lipinski definition) is 4. The third-order valence-corrected chi connectivity index (χ3v) is 4.50. The Morgan fingerprint density at radius 1 is 1.28 bits per heavy atom. The molecule has 0 atom stereocenters. The van der Waals surface area contributed by atoms with Gasteiger partial charge in [-0.05, 0) is 50.8 Å². The van der Waals surface area contributed by atoms with Crippen molar-refractivity contribution in [2.24, 2.45) is 0 Å². The minimum absolute atomic E-state index is 0.0258. The molecule has 2 N–H and O–H groups in total. The lowest BCUT2D eigenvalue weighted by Crippen LogP contribution is -2.26. The monoisotopic (exact) mass is 342 g/mol. The number of carbonyl (C=O) groups is 1. The van der Waals surface area contributed by atoms with Crippen LogP contribution in [-0.2, 0) is 4.74 Å². The number of fused-ring (bicyclic) bond motifs is 1. The van der Waals surface area contributed by atoms with Gasteiger partial charge in [-0.25, -0.2) is 0 Å². The van der Waals surface area contributed by atoms with Crippen molar-refractivity contribution < 1.29 is 14.6 Å². The van der Waals surface area contributed by atoms with Crippen LogP contribution in [0.2, 0.25) is 0 Å². The summed E-state index contributed by atoms with van der Waals surface area (Å²) in [6.07, 6.45) is 3.04. The molecule has 1 aliphatic carbocycles. The van der Waals surface area contributed by atoms with Gasteiger partial charge in [0.1, 0.15) is 0 Å². The number of nitrogens with one attached hydrogen (secondary N) is 1. The molecule has 0 spiro atoms. The number of amides is 1. The van der Waals surface area contributed by atoms with Gasteiger partial charge in [-0.2, -0.15) is 0 Å². The molecule has 1 aromatic heterocycles. The summed E-state index contributed by atoms with van der Waals surface area (Å²) in [4.78, 5) is 17.6. The lowest BCUT2D eigenvalue weighted by molar-refractivity contribution is 0.0868. The van der Waals surface area contributed by atoms with E-state index in [1.807, 2.05) is 19.1 Å². The molecule has 1 saturated carbocycles. The van der Waals surface area contributed by atoms with Crippen LogP contribution in [0.3, 0.4) is 0 Å². The first-order valence-corrected chi connectivity index (χ1v) is 8.99. The van der Waals surface area contributed by atoms with Crippen molar-refractivity contribution in [1.29, 1.82) is 0 Å². The number of aromatic nitrogens is 1. The number of aliphatic hydroxyl groups is 1. The standard InChI is InChI=1S/C20H26N2O3/c1-13-10-14(2)19-16(11-13)17(12-18(22-19)15-4-5-15)20(24)21-6-3-8-25-9-7-23/h10-12,15,23H,3-9H2,1-2H3,(H,21,24). The van der Waals surface area contributed by atoms with E-state index < -0.39 is 0 Å². The number of rotatable bonds is 8. The quantitative estimate of drug-likeness (QED) is 0.724. The van der Waals surface area contributed by atoms with Crippen molar-refractivity contribution in [2.45, 2.75) is 39.0 Å². The molecule has 5 nitrogen and oxygen atoms in total. The molecule has 0 radical (unpaired) electrons. The van der Waals surface area contributed by atoms with Crippen molar-refractivity contribution in [2.75, 3.05) is 26.4 Å². The number of nitrogens with zero attached hydrogens (tertiary/aromatic N) is 1. The smallest absolute Gasteiger partial charge is 0.252 e. The van der Waals surface area contributed by atoms with Gasteiger partial charge < -0.3 is 15.2 Å². The van der Waals surface area contributed by atoms with Gasteiger partial charge in [-0.15, -0.1) is 0 Å². The number of hydrogen-bond donors (Lipinski definition) is 2. The summed E-state index contributed by atoms with van der Waals surface area (Å²) >= 11 is 0. The molecule has 0 aliphatic heterocycles. The summed E-state index contributed by atoms with van der Waals surface area (Å²) in [7, 11) is 0. The minimum Gasteiger partial charge on any atom is -0.394 e. The number of benzene rings is 1. The predicted molar refractivity (Wildman–Crippen MR) is 98.0 cm³/mol. The van der Waals surface area contributed by atoms with E-state index in [1.165, 1.54) is 0 Å². The van der Waals surface area contributed by atoms with Crippen molar-refractivity contribution in [1.82, 2.24) is 10.3 Å². The van der Waals surface area contributed by atoms with Crippen LogP contribution in [0.25, 0.3) is 10.9 Å². The SMILES string of the molecule is Cc1cc(C)c2nc(C3CC3)cc(C(=O)NCCCOCCO)c2c1. The van der Waals surface area contributed by atoms with Crippen LogP contribution >= 0.6 is 0 Å². The van der Waals surface area contributed by atoms with Gasteiger partial charge in [0.2, 0.25) is 0 Å². The molecule has 0 saturated heterocycles. The summed E-state index contributed by atoms with van der Waals surface area (Å²) in [5.74, 6) is 0.449. The van der Waals surface area contributed by atoms with E-state index in [9.17, 15) is 4.79 Å². The van der Waals surface area contributed by atoms with E-state index in [0.29, 0.717) is 25.7 Å². The Hall–Kier alpha value is -1.98. The maximum atomic E-state index is 12.7. The second kappa shape index (κ2) is 7.93.